The summed E-state index contributed by atoms with van der Waals surface area (Å²) in [4.78, 5) is 4.55. The first-order valence-electron chi connectivity index (χ1n) is 10.1. The molecule has 3 atom stereocenters. The second kappa shape index (κ2) is 10.0. The van der Waals surface area contributed by atoms with Crippen molar-refractivity contribution in [2.45, 2.75) is 25.6 Å². The van der Waals surface area contributed by atoms with Gasteiger partial charge in [-0.25, -0.2) is 0 Å². The molecule has 1 unspecified atom stereocenters. The lowest BCUT2D eigenvalue weighted by Crippen LogP contribution is -2.41. The SMILES string of the molecule is Clc1ccc(C2C[C@H](COCc3ccccc3)[C@H]2COCc2ccccc2)nc1. The minimum absolute atomic E-state index is 0.397. The van der Waals surface area contributed by atoms with Crippen molar-refractivity contribution < 1.29 is 9.47 Å². The van der Waals surface area contributed by atoms with Gasteiger partial charge in [0, 0.05) is 17.8 Å². The lowest BCUT2D eigenvalue weighted by atomic mass is 9.64. The van der Waals surface area contributed by atoms with Crippen LogP contribution >= 0.6 is 11.6 Å². The Hall–Kier alpha value is -2.20. The second-order valence-electron chi connectivity index (χ2n) is 7.67. The largest absolute Gasteiger partial charge is 0.376 e. The Balaban J connectivity index is 1.34. The highest BCUT2D eigenvalue weighted by Crippen LogP contribution is 2.47. The maximum Gasteiger partial charge on any atom is 0.0717 e. The van der Waals surface area contributed by atoms with Crippen molar-refractivity contribution in [1.82, 2.24) is 4.98 Å². The Kier molecular flexibility index (Phi) is 6.94. The van der Waals surface area contributed by atoms with Crippen LogP contribution < -0.4 is 0 Å². The van der Waals surface area contributed by atoms with E-state index >= 15 is 0 Å². The van der Waals surface area contributed by atoms with E-state index in [4.69, 9.17) is 21.1 Å². The Bertz CT molecular complexity index is 870. The highest BCUT2D eigenvalue weighted by Gasteiger charge is 2.42. The maximum absolute atomic E-state index is 6.08. The molecule has 1 heterocycles. The lowest BCUT2D eigenvalue weighted by Gasteiger charge is -2.44. The van der Waals surface area contributed by atoms with Gasteiger partial charge >= 0.3 is 0 Å². The second-order valence-corrected chi connectivity index (χ2v) is 8.11. The van der Waals surface area contributed by atoms with Crippen LogP contribution in [0.1, 0.15) is 29.2 Å². The van der Waals surface area contributed by atoms with Gasteiger partial charge in [-0.2, -0.15) is 0 Å². The molecule has 3 aromatic rings. The van der Waals surface area contributed by atoms with Crippen LogP contribution in [0.5, 0.6) is 0 Å². The zero-order chi connectivity index (χ0) is 19.9. The molecule has 2 aromatic carbocycles. The number of halogens is 1. The molecular formula is C25H26ClNO2. The summed E-state index contributed by atoms with van der Waals surface area (Å²) in [5, 5.41) is 0.674. The summed E-state index contributed by atoms with van der Waals surface area (Å²) in [6, 6.07) is 24.6. The molecule has 4 heteroatoms. The first-order chi connectivity index (χ1) is 14.3. The van der Waals surface area contributed by atoms with Crippen LogP contribution in [0.2, 0.25) is 5.02 Å². The van der Waals surface area contributed by atoms with Crippen LogP contribution in [0.4, 0.5) is 0 Å². The van der Waals surface area contributed by atoms with Crippen molar-refractivity contribution in [3.8, 4) is 0 Å². The number of aromatic nitrogens is 1. The quantitative estimate of drug-likeness (QED) is 0.443. The Morgan fingerprint density at radius 3 is 2.00 bits per heavy atom. The predicted octanol–water partition coefficient (Wildman–Crippen LogP) is 5.89. The van der Waals surface area contributed by atoms with Crippen molar-refractivity contribution in [2.75, 3.05) is 13.2 Å². The van der Waals surface area contributed by atoms with E-state index in [9.17, 15) is 0 Å². The molecule has 1 aliphatic carbocycles. The van der Waals surface area contributed by atoms with Crippen molar-refractivity contribution in [2.24, 2.45) is 11.8 Å². The smallest absolute Gasteiger partial charge is 0.0717 e. The zero-order valence-electron chi connectivity index (χ0n) is 16.4. The highest BCUT2D eigenvalue weighted by atomic mass is 35.5. The number of nitrogens with zero attached hydrogens (tertiary/aromatic N) is 1. The molecule has 150 valence electrons. The van der Waals surface area contributed by atoms with E-state index in [1.165, 1.54) is 11.1 Å². The van der Waals surface area contributed by atoms with Gasteiger partial charge in [-0.3, -0.25) is 4.98 Å². The van der Waals surface area contributed by atoms with Crippen LogP contribution in [0, 0.1) is 11.8 Å². The summed E-state index contributed by atoms with van der Waals surface area (Å²) in [5.41, 5.74) is 3.51. The van der Waals surface area contributed by atoms with Gasteiger partial charge in [0.15, 0.2) is 0 Å². The topological polar surface area (TPSA) is 31.4 Å². The number of ether oxygens (including phenoxy) is 2. The number of benzene rings is 2. The maximum atomic E-state index is 6.08. The fraction of sp³-hybridized carbons (Fsp3) is 0.320. The minimum atomic E-state index is 0.397. The van der Waals surface area contributed by atoms with Gasteiger partial charge in [-0.05, 0) is 41.5 Å². The van der Waals surface area contributed by atoms with Crippen LogP contribution in [-0.4, -0.2) is 18.2 Å². The summed E-state index contributed by atoms with van der Waals surface area (Å²) in [7, 11) is 0. The Morgan fingerprint density at radius 2 is 1.41 bits per heavy atom. The third-order valence-electron chi connectivity index (χ3n) is 5.67. The van der Waals surface area contributed by atoms with Gasteiger partial charge in [0.25, 0.3) is 0 Å². The minimum Gasteiger partial charge on any atom is -0.376 e. The first kappa shape index (κ1) is 20.1. The van der Waals surface area contributed by atoms with E-state index in [2.05, 4.69) is 29.2 Å². The lowest BCUT2D eigenvalue weighted by molar-refractivity contribution is -0.0394. The molecule has 4 rings (SSSR count). The molecule has 1 aromatic heterocycles. The van der Waals surface area contributed by atoms with Gasteiger partial charge in [-0.15, -0.1) is 0 Å². The van der Waals surface area contributed by atoms with E-state index in [1.54, 1.807) is 6.20 Å². The van der Waals surface area contributed by atoms with Crippen molar-refractivity contribution in [3.05, 3.63) is 101 Å². The molecule has 29 heavy (non-hydrogen) atoms. The molecule has 1 aliphatic rings. The average molecular weight is 408 g/mol. The van der Waals surface area contributed by atoms with Crippen LogP contribution in [-0.2, 0) is 22.7 Å². The third kappa shape index (κ3) is 5.45. The standard InChI is InChI=1S/C25H26ClNO2/c26-22-11-12-25(27-14-22)23-13-21(17-28-15-19-7-3-1-4-8-19)24(23)18-29-16-20-9-5-2-6-10-20/h1-12,14,21,23-24H,13,15-18H2/t21-,23?,24-/m1/s1. The Morgan fingerprint density at radius 1 is 0.793 bits per heavy atom. The van der Waals surface area contributed by atoms with E-state index in [0.717, 1.165) is 18.7 Å². The van der Waals surface area contributed by atoms with Gasteiger partial charge in [0.1, 0.15) is 0 Å². The third-order valence-corrected chi connectivity index (χ3v) is 5.90. The van der Waals surface area contributed by atoms with Gasteiger partial charge in [0.05, 0.1) is 31.5 Å². The van der Waals surface area contributed by atoms with Crippen molar-refractivity contribution in [3.63, 3.8) is 0 Å². The van der Waals surface area contributed by atoms with Crippen LogP contribution in [0.25, 0.3) is 0 Å². The van der Waals surface area contributed by atoms with Crippen LogP contribution in [0.3, 0.4) is 0 Å². The van der Waals surface area contributed by atoms with Gasteiger partial charge in [0.2, 0.25) is 0 Å². The normalized spacial score (nSPS) is 20.9. The van der Waals surface area contributed by atoms with E-state index in [-0.39, 0.29) is 0 Å². The van der Waals surface area contributed by atoms with Crippen molar-refractivity contribution >= 4 is 11.6 Å². The van der Waals surface area contributed by atoms with E-state index < -0.39 is 0 Å². The molecule has 0 saturated heterocycles. The molecule has 0 N–H and O–H groups in total. The molecule has 0 bridgehead atoms. The Labute approximate surface area is 177 Å². The van der Waals surface area contributed by atoms with E-state index in [1.807, 2.05) is 48.5 Å². The molecule has 0 spiro atoms. The molecule has 0 radical (unpaired) electrons. The molecular weight excluding hydrogens is 382 g/mol. The van der Waals surface area contributed by atoms with Gasteiger partial charge in [-0.1, -0.05) is 72.3 Å². The van der Waals surface area contributed by atoms with Crippen LogP contribution in [0.15, 0.2) is 79.0 Å². The number of hydrogen-bond donors (Lipinski definition) is 0. The monoisotopic (exact) mass is 407 g/mol. The zero-order valence-corrected chi connectivity index (χ0v) is 17.2. The summed E-state index contributed by atoms with van der Waals surface area (Å²) in [6.07, 6.45) is 2.81. The molecule has 3 nitrogen and oxygen atoms in total. The number of hydrogen-bond acceptors (Lipinski definition) is 3. The summed E-state index contributed by atoms with van der Waals surface area (Å²) in [6.45, 7) is 2.75. The number of pyridine rings is 1. The average Bonchev–Trinajstić information content (AvgIpc) is 2.76. The van der Waals surface area contributed by atoms with Crippen molar-refractivity contribution in [1.29, 1.82) is 0 Å². The highest BCUT2D eigenvalue weighted by molar-refractivity contribution is 6.30. The molecule has 1 saturated carbocycles. The summed E-state index contributed by atoms with van der Waals surface area (Å²) < 4.78 is 12.1. The summed E-state index contributed by atoms with van der Waals surface area (Å²) >= 11 is 6.01. The fourth-order valence-corrected chi connectivity index (χ4v) is 4.10. The molecule has 0 aliphatic heterocycles. The van der Waals surface area contributed by atoms with E-state index in [0.29, 0.717) is 42.6 Å². The molecule has 0 amide bonds. The number of rotatable bonds is 9. The first-order valence-corrected chi connectivity index (χ1v) is 10.5. The predicted molar refractivity (Wildman–Crippen MR) is 116 cm³/mol. The summed E-state index contributed by atoms with van der Waals surface area (Å²) in [5.74, 6) is 1.29. The molecule has 1 fully saturated rings. The van der Waals surface area contributed by atoms with Gasteiger partial charge < -0.3 is 9.47 Å². The fourth-order valence-electron chi connectivity index (χ4n) is 3.99.